The molecule has 3 rings (SSSR count). The predicted molar refractivity (Wildman–Crippen MR) is 137 cm³/mol. The van der Waals surface area contributed by atoms with E-state index < -0.39 is 16.1 Å². The Hall–Kier alpha value is -2.71. The number of hydrogen-bond donors (Lipinski definition) is 2. The van der Waals surface area contributed by atoms with Gasteiger partial charge in [-0.3, -0.25) is 9.59 Å². The Bertz CT molecular complexity index is 1070. The average molecular weight is 500 g/mol. The summed E-state index contributed by atoms with van der Waals surface area (Å²) in [4.78, 5) is 28.0. The van der Waals surface area contributed by atoms with E-state index >= 15 is 0 Å². The van der Waals surface area contributed by atoms with Crippen LogP contribution < -0.4 is 10.0 Å². The highest BCUT2D eigenvalue weighted by Gasteiger charge is 2.32. The first kappa shape index (κ1) is 26.9. The van der Waals surface area contributed by atoms with Crippen LogP contribution in [0, 0.1) is 17.8 Å². The van der Waals surface area contributed by atoms with E-state index in [4.69, 9.17) is 0 Å². The third kappa shape index (κ3) is 7.64. The number of amides is 2. The van der Waals surface area contributed by atoms with E-state index in [1.54, 1.807) is 42.3 Å². The molecular formula is C27H37N3O4S. The second-order valence-corrected chi connectivity index (χ2v) is 11.6. The molecule has 0 saturated heterocycles. The maximum atomic E-state index is 13.1. The van der Waals surface area contributed by atoms with Crippen molar-refractivity contribution in [2.75, 3.05) is 13.6 Å². The average Bonchev–Trinajstić information content (AvgIpc) is 2.86. The van der Waals surface area contributed by atoms with E-state index in [-0.39, 0.29) is 34.5 Å². The van der Waals surface area contributed by atoms with Crippen molar-refractivity contribution in [1.82, 2.24) is 14.9 Å². The molecule has 35 heavy (non-hydrogen) atoms. The maximum absolute atomic E-state index is 13.1. The minimum atomic E-state index is -3.53. The molecular weight excluding hydrogens is 462 g/mol. The molecule has 8 heteroatoms. The molecule has 1 aliphatic carbocycles. The fourth-order valence-electron chi connectivity index (χ4n) is 4.50. The van der Waals surface area contributed by atoms with Crippen LogP contribution in [0.15, 0.2) is 65.6 Å². The summed E-state index contributed by atoms with van der Waals surface area (Å²) in [5.74, 6) is -0.189. The summed E-state index contributed by atoms with van der Waals surface area (Å²) in [5.41, 5.74) is 1.04. The summed E-state index contributed by atoms with van der Waals surface area (Å²) in [6.45, 7) is 4.73. The van der Waals surface area contributed by atoms with Crippen LogP contribution in [-0.2, 0) is 26.2 Å². The van der Waals surface area contributed by atoms with Gasteiger partial charge in [-0.25, -0.2) is 13.1 Å². The second-order valence-electron chi connectivity index (χ2n) is 9.79. The molecule has 1 aliphatic rings. The number of carbonyl (C=O) groups excluding carboxylic acids is 2. The minimum Gasteiger partial charge on any atom is -0.344 e. The first-order chi connectivity index (χ1) is 16.7. The van der Waals surface area contributed by atoms with Gasteiger partial charge in [0.15, 0.2) is 0 Å². The Morgan fingerprint density at radius 3 is 2.09 bits per heavy atom. The molecule has 0 radical (unpaired) electrons. The van der Waals surface area contributed by atoms with Gasteiger partial charge in [0.05, 0.1) is 4.90 Å². The lowest BCUT2D eigenvalue weighted by atomic mass is 9.81. The van der Waals surface area contributed by atoms with Crippen molar-refractivity contribution in [2.45, 2.75) is 57.0 Å². The fraction of sp³-hybridized carbons (Fsp3) is 0.481. The molecule has 1 fully saturated rings. The topological polar surface area (TPSA) is 95.6 Å². The number of benzene rings is 2. The van der Waals surface area contributed by atoms with Gasteiger partial charge in [0, 0.05) is 26.1 Å². The highest BCUT2D eigenvalue weighted by atomic mass is 32.2. The second kappa shape index (κ2) is 12.3. The van der Waals surface area contributed by atoms with Crippen LogP contribution in [0.1, 0.15) is 45.1 Å². The number of hydrogen-bond acceptors (Lipinski definition) is 4. The van der Waals surface area contributed by atoms with E-state index in [1.165, 1.54) is 0 Å². The lowest BCUT2D eigenvalue weighted by molar-refractivity contribution is -0.138. The van der Waals surface area contributed by atoms with Crippen LogP contribution in [0.4, 0.5) is 0 Å². The molecule has 7 nitrogen and oxygen atoms in total. The van der Waals surface area contributed by atoms with Crippen LogP contribution in [0.3, 0.4) is 0 Å². The van der Waals surface area contributed by atoms with Gasteiger partial charge in [-0.05, 0) is 55.2 Å². The first-order valence-corrected chi connectivity index (χ1v) is 13.8. The molecule has 2 aromatic carbocycles. The van der Waals surface area contributed by atoms with Gasteiger partial charge in [0.2, 0.25) is 21.8 Å². The fourth-order valence-corrected chi connectivity index (χ4v) is 5.63. The van der Waals surface area contributed by atoms with Crippen molar-refractivity contribution in [3.63, 3.8) is 0 Å². The lowest BCUT2D eigenvalue weighted by Gasteiger charge is -2.31. The van der Waals surface area contributed by atoms with Crippen LogP contribution in [0.5, 0.6) is 0 Å². The van der Waals surface area contributed by atoms with Crippen molar-refractivity contribution < 1.29 is 18.0 Å². The molecule has 190 valence electrons. The molecule has 1 saturated carbocycles. The zero-order chi connectivity index (χ0) is 25.4. The van der Waals surface area contributed by atoms with Crippen molar-refractivity contribution in [3.8, 4) is 0 Å². The summed E-state index contributed by atoms with van der Waals surface area (Å²) in [5, 5.41) is 3.00. The minimum absolute atomic E-state index is 0.0339. The van der Waals surface area contributed by atoms with E-state index in [0.717, 1.165) is 18.4 Å². The van der Waals surface area contributed by atoms with Gasteiger partial charge >= 0.3 is 0 Å². The molecule has 1 atom stereocenters. The summed E-state index contributed by atoms with van der Waals surface area (Å²) >= 11 is 0. The number of nitrogens with one attached hydrogen (secondary N) is 2. The first-order valence-electron chi connectivity index (χ1n) is 12.3. The zero-order valence-electron chi connectivity index (χ0n) is 20.8. The molecule has 2 aromatic rings. The largest absolute Gasteiger partial charge is 0.344 e. The third-order valence-electron chi connectivity index (χ3n) is 6.70. The predicted octanol–water partition coefficient (Wildman–Crippen LogP) is 3.57. The quantitative estimate of drug-likeness (QED) is 0.522. The van der Waals surface area contributed by atoms with Crippen LogP contribution in [-0.4, -0.2) is 44.8 Å². The number of sulfonamides is 1. The number of nitrogens with zero attached hydrogens (tertiary/aromatic N) is 1. The number of carbonyl (C=O) groups is 2. The van der Waals surface area contributed by atoms with Crippen LogP contribution in [0.2, 0.25) is 0 Å². The van der Waals surface area contributed by atoms with Crippen molar-refractivity contribution in [1.29, 1.82) is 0 Å². The molecule has 2 amide bonds. The molecule has 0 aliphatic heterocycles. The Labute approximate surface area is 209 Å². The van der Waals surface area contributed by atoms with Gasteiger partial charge in [-0.1, -0.05) is 62.4 Å². The summed E-state index contributed by atoms with van der Waals surface area (Å²) in [7, 11) is -1.76. The highest BCUT2D eigenvalue weighted by molar-refractivity contribution is 7.89. The van der Waals surface area contributed by atoms with E-state index in [0.29, 0.717) is 25.9 Å². The summed E-state index contributed by atoms with van der Waals surface area (Å²) < 4.78 is 27.6. The Morgan fingerprint density at radius 2 is 1.51 bits per heavy atom. The Balaban J connectivity index is 1.49. The van der Waals surface area contributed by atoms with E-state index in [1.807, 2.05) is 44.2 Å². The molecule has 0 bridgehead atoms. The van der Waals surface area contributed by atoms with Gasteiger partial charge in [-0.2, -0.15) is 0 Å². The zero-order valence-corrected chi connectivity index (χ0v) is 21.6. The van der Waals surface area contributed by atoms with E-state index in [9.17, 15) is 18.0 Å². The van der Waals surface area contributed by atoms with Crippen LogP contribution >= 0.6 is 0 Å². The number of rotatable bonds is 10. The molecule has 0 heterocycles. The standard InChI is InChI=1S/C27H37N3O4S/c1-20(2)25(27(32)30(3)19-22-10-6-4-7-11-22)29-26(31)23-16-14-21(15-17-23)18-28-35(33,34)24-12-8-5-9-13-24/h4-13,20-21,23,25,28H,14-19H2,1-3H3,(H,29,31). The number of likely N-dealkylation sites (N-methyl/N-ethyl adjacent to an activating group) is 1. The maximum Gasteiger partial charge on any atom is 0.245 e. The Morgan fingerprint density at radius 1 is 0.943 bits per heavy atom. The monoisotopic (exact) mass is 499 g/mol. The molecule has 0 spiro atoms. The van der Waals surface area contributed by atoms with Crippen molar-refractivity contribution >= 4 is 21.8 Å². The van der Waals surface area contributed by atoms with Gasteiger partial charge in [0.1, 0.15) is 6.04 Å². The van der Waals surface area contributed by atoms with E-state index in [2.05, 4.69) is 10.0 Å². The smallest absolute Gasteiger partial charge is 0.245 e. The van der Waals surface area contributed by atoms with Gasteiger partial charge in [0.25, 0.3) is 0 Å². The van der Waals surface area contributed by atoms with Gasteiger partial charge < -0.3 is 10.2 Å². The summed E-state index contributed by atoms with van der Waals surface area (Å²) in [6.07, 6.45) is 2.90. The third-order valence-corrected chi connectivity index (χ3v) is 8.14. The van der Waals surface area contributed by atoms with Crippen LogP contribution in [0.25, 0.3) is 0 Å². The summed E-state index contributed by atoms with van der Waals surface area (Å²) in [6, 6.07) is 17.5. The normalized spacial score (nSPS) is 19.2. The molecule has 2 N–H and O–H groups in total. The van der Waals surface area contributed by atoms with Gasteiger partial charge in [-0.15, -0.1) is 0 Å². The lowest BCUT2D eigenvalue weighted by Crippen LogP contribution is -2.51. The van der Waals surface area contributed by atoms with Crippen molar-refractivity contribution in [3.05, 3.63) is 66.2 Å². The highest BCUT2D eigenvalue weighted by Crippen LogP contribution is 2.29. The van der Waals surface area contributed by atoms with Crippen molar-refractivity contribution in [2.24, 2.45) is 17.8 Å². The Kier molecular flexibility index (Phi) is 9.46. The SMILES string of the molecule is CC(C)C(NC(=O)C1CCC(CNS(=O)(=O)c2ccccc2)CC1)C(=O)N(C)Cc1ccccc1. The molecule has 0 aromatic heterocycles. The molecule has 1 unspecified atom stereocenters.